The van der Waals surface area contributed by atoms with Crippen molar-refractivity contribution in [3.63, 3.8) is 0 Å². The van der Waals surface area contributed by atoms with E-state index in [4.69, 9.17) is 5.73 Å². The molecular weight excluding hydrogens is 406 g/mol. The van der Waals surface area contributed by atoms with E-state index in [0.717, 1.165) is 5.75 Å². The summed E-state index contributed by atoms with van der Waals surface area (Å²) in [6, 6.07) is 1.58. The fraction of sp³-hybridized carbons (Fsp3) is 0.840. The van der Waals surface area contributed by atoms with E-state index in [1.54, 1.807) is 24.0 Å². The van der Waals surface area contributed by atoms with E-state index < -0.39 is 11.8 Å². The zero-order valence-electron chi connectivity index (χ0n) is 19.9. The number of nitrogens with two attached hydrogens (primary N) is 1. The molecule has 1 rings (SSSR count). The molecule has 0 fully saturated rings. The van der Waals surface area contributed by atoms with Gasteiger partial charge in [-0.3, -0.25) is 4.57 Å². The molecule has 0 radical (unpaired) electrons. The van der Waals surface area contributed by atoms with E-state index in [-0.39, 0.29) is 12.4 Å². The number of aliphatic hydroxyl groups is 1. The summed E-state index contributed by atoms with van der Waals surface area (Å²) in [6.07, 6.45) is 23.2. The van der Waals surface area contributed by atoms with Crippen molar-refractivity contribution in [1.82, 2.24) is 9.55 Å². The second-order valence-electron chi connectivity index (χ2n) is 8.82. The molecular formula is C25H47N3O2S. The minimum absolute atomic E-state index is 0.216. The minimum Gasteiger partial charge on any atom is -0.390 e. The number of thioether (sulfide) groups is 1. The second-order valence-corrected chi connectivity index (χ2v) is 9.97. The molecule has 0 aromatic carbocycles. The number of aliphatic hydroxyl groups excluding tert-OH is 1. The van der Waals surface area contributed by atoms with Gasteiger partial charge in [0.15, 0.2) is 0 Å². The number of hydrogen-bond acceptors (Lipinski definition) is 5. The second kappa shape index (κ2) is 19.7. The van der Waals surface area contributed by atoms with Gasteiger partial charge >= 0.3 is 5.69 Å². The van der Waals surface area contributed by atoms with Crippen molar-refractivity contribution in [3.05, 3.63) is 22.7 Å². The summed E-state index contributed by atoms with van der Waals surface area (Å²) in [4.78, 5) is 15.3. The molecule has 1 aromatic heterocycles. The number of aromatic nitrogens is 2. The van der Waals surface area contributed by atoms with Crippen molar-refractivity contribution in [2.45, 2.75) is 122 Å². The van der Waals surface area contributed by atoms with E-state index >= 15 is 0 Å². The van der Waals surface area contributed by atoms with E-state index in [1.807, 2.05) is 0 Å². The topological polar surface area (TPSA) is 81.1 Å². The molecule has 31 heavy (non-hydrogen) atoms. The van der Waals surface area contributed by atoms with Crippen LogP contribution in [-0.4, -0.2) is 32.3 Å². The van der Waals surface area contributed by atoms with Crippen LogP contribution in [0.3, 0.4) is 0 Å². The lowest BCUT2D eigenvalue weighted by molar-refractivity contribution is 0.176. The summed E-state index contributed by atoms with van der Waals surface area (Å²) in [5.74, 6) is 1.94. The van der Waals surface area contributed by atoms with Crippen molar-refractivity contribution in [2.75, 3.05) is 17.2 Å². The van der Waals surface area contributed by atoms with Gasteiger partial charge in [0.25, 0.3) is 0 Å². The Morgan fingerprint density at radius 3 is 1.87 bits per heavy atom. The molecule has 1 unspecified atom stereocenters. The fourth-order valence-electron chi connectivity index (χ4n) is 3.83. The molecule has 0 spiro atoms. The standard InChI is InChI=1S/C25H47N3O2S/c1-2-3-4-5-6-7-8-9-10-11-12-13-14-15-16-17-20-31-22-23(29)21-28-19-18-24(26)27-25(28)30/h18-19,23,29H,2-17,20-22H2,1H3,(H2,26,27,30). The summed E-state index contributed by atoms with van der Waals surface area (Å²) in [7, 11) is 0. The van der Waals surface area contributed by atoms with Gasteiger partial charge in [0.05, 0.1) is 12.6 Å². The first kappa shape index (κ1) is 28.0. The fourth-order valence-corrected chi connectivity index (χ4v) is 4.78. The van der Waals surface area contributed by atoms with E-state index in [2.05, 4.69) is 11.9 Å². The molecule has 6 heteroatoms. The predicted molar refractivity (Wildman–Crippen MR) is 136 cm³/mol. The van der Waals surface area contributed by atoms with Gasteiger partial charge in [0.1, 0.15) is 5.82 Å². The van der Waals surface area contributed by atoms with Crippen molar-refractivity contribution < 1.29 is 5.11 Å². The van der Waals surface area contributed by atoms with Crippen LogP contribution in [0.2, 0.25) is 0 Å². The molecule has 180 valence electrons. The summed E-state index contributed by atoms with van der Waals surface area (Å²) in [6.45, 7) is 2.56. The Balaban J connectivity index is 1.81. The molecule has 0 saturated heterocycles. The third-order valence-electron chi connectivity index (χ3n) is 5.76. The van der Waals surface area contributed by atoms with E-state index in [9.17, 15) is 9.90 Å². The average molecular weight is 454 g/mol. The summed E-state index contributed by atoms with van der Waals surface area (Å²) in [5, 5.41) is 10.1. The van der Waals surface area contributed by atoms with Crippen LogP contribution >= 0.6 is 11.8 Å². The van der Waals surface area contributed by atoms with Crippen LogP contribution in [0.15, 0.2) is 17.1 Å². The first-order valence-corrected chi connectivity index (χ1v) is 13.9. The highest BCUT2D eigenvalue weighted by atomic mass is 32.2. The maximum Gasteiger partial charge on any atom is 0.349 e. The van der Waals surface area contributed by atoms with E-state index in [0.29, 0.717) is 5.75 Å². The SMILES string of the molecule is CCCCCCCCCCCCCCCCCCSCC(O)Cn1ccc(N)nc1=O. The van der Waals surface area contributed by atoms with E-state index in [1.165, 1.54) is 107 Å². The lowest BCUT2D eigenvalue weighted by Gasteiger charge is -2.12. The molecule has 1 heterocycles. The molecule has 0 saturated carbocycles. The lowest BCUT2D eigenvalue weighted by Crippen LogP contribution is -2.29. The Kier molecular flexibility index (Phi) is 17.8. The highest BCUT2D eigenvalue weighted by Crippen LogP contribution is 2.15. The van der Waals surface area contributed by atoms with Gasteiger partial charge in [0, 0.05) is 11.9 Å². The van der Waals surface area contributed by atoms with Gasteiger partial charge in [-0.1, -0.05) is 103 Å². The molecule has 0 aliphatic heterocycles. The summed E-state index contributed by atoms with van der Waals surface area (Å²) in [5.41, 5.74) is 5.08. The van der Waals surface area contributed by atoms with Gasteiger partial charge in [-0.25, -0.2) is 4.79 Å². The van der Waals surface area contributed by atoms with Crippen LogP contribution in [0.25, 0.3) is 0 Å². The zero-order valence-corrected chi connectivity index (χ0v) is 20.7. The van der Waals surface area contributed by atoms with Crippen LogP contribution in [-0.2, 0) is 6.54 Å². The quantitative estimate of drug-likeness (QED) is 0.217. The van der Waals surface area contributed by atoms with Crippen LogP contribution in [0.1, 0.15) is 110 Å². The normalized spacial score (nSPS) is 12.3. The molecule has 5 nitrogen and oxygen atoms in total. The maximum atomic E-state index is 11.7. The molecule has 1 aromatic rings. The third-order valence-corrected chi connectivity index (χ3v) is 6.95. The Morgan fingerprint density at radius 2 is 1.39 bits per heavy atom. The first-order valence-electron chi connectivity index (χ1n) is 12.7. The molecule has 3 N–H and O–H groups in total. The summed E-state index contributed by atoms with van der Waals surface area (Å²) >= 11 is 1.77. The Labute approximate surface area is 194 Å². The Hall–Kier alpha value is -1.01. The molecule has 0 aliphatic carbocycles. The smallest absolute Gasteiger partial charge is 0.349 e. The Morgan fingerprint density at radius 1 is 0.903 bits per heavy atom. The van der Waals surface area contributed by atoms with Crippen molar-refractivity contribution in [1.29, 1.82) is 0 Å². The number of anilines is 1. The van der Waals surface area contributed by atoms with Crippen LogP contribution in [0, 0.1) is 0 Å². The number of nitrogens with zero attached hydrogens (tertiary/aromatic N) is 2. The number of nitrogen functional groups attached to an aromatic ring is 1. The lowest BCUT2D eigenvalue weighted by atomic mass is 10.0. The molecule has 0 amide bonds. The van der Waals surface area contributed by atoms with Crippen LogP contribution in [0.4, 0.5) is 5.82 Å². The predicted octanol–water partition coefficient (Wildman–Crippen LogP) is 6.18. The molecule has 0 bridgehead atoms. The van der Waals surface area contributed by atoms with Crippen molar-refractivity contribution in [2.24, 2.45) is 0 Å². The number of unbranched alkanes of at least 4 members (excludes halogenated alkanes) is 15. The Bertz CT molecular complexity index is 594. The summed E-state index contributed by atoms with van der Waals surface area (Å²) < 4.78 is 1.41. The first-order chi connectivity index (χ1) is 15.1. The van der Waals surface area contributed by atoms with Gasteiger partial charge in [-0.2, -0.15) is 16.7 Å². The van der Waals surface area contributed by atoms with Crippen molar-refractivity contribution in [3.8, 4) is 0 Å². The molecule has 0 aliphatic rings. The van der Waals surface area contributed by atoms with Crippen LogP contribution in [0.5, 0.6) is 0 Å². The minimum atomic E-state index is -0.533. The van der Waals surface area contributed by atoms with Gasteiger partial charge in [0.2, 0.25) is 0 Å². The maximum absolute atomic E-state index is 11.7. The van der Waals surface area contributed by atoms with Crippen molar-refractivity contribution >= 4 is 17.6 Å². The van der Waals surface area contributed by atoms with Gasteiger partial charge in [-0.05, 0) is 18.2 Å². The third kappa shape index (κ3) is 16.3. The van der Waals surface area contributed by atoms with Gasteiger partial charge < -0.3 is 10.8 Å². The number of rotatable bonds is 21. The highest BCUT2D eigenvalue weighted by molar-refractivity contribution is 7.99. The average Bonchev–Trinajstić information content (AvgIpc) is 2.75. The van der Waals surface area contributed by atoms with Gasteiger partial charge in [-0.15, -0.1) is 0 Å². The largest absolute Gasteiger partial charge is 0.390 e. The number of hydrogen-bond donors (Lipinski definition) is 2. The van der Waals surface area contributed by atoms with Crippen LogP contribution < -0.4 is 11.4 Å². The highest BCUT2D eigenvalue weighted by Gasteiger charge is 2.07. The molecule has 1 atom stereocenters. The monoisotopic (exact) mass is 453 g/mol. The zero-order chi connectivity index (χ0) is 22.6.